The Bertz CT molecular complexity index is 220. The largest absolute Gasteiger partial charge is 0.481 e. The van der Waals surface area contributed by atoms with E-state index >= 15 is 0 Å². The molecule has 0 spiro atoms. The molecule has 0 aromatic heterocycles. The van der Waals surface area contributed by atoms with Crippen LogP contribution in [0.3, 0.4) is 0 Å². The van der Waals surface area contributed by atoms with Crippen molar-refractivity contribution in [2.75, 3.05) is 0 Å². The fraction of sp³-hybridized carbons (Fsp3) is 0.700. The van der Waals surface area contributed by atoms with Gasteiger partial charge >= 0.3 is 5.97 Å². The summed E-state index contributed by atoms with van der Waals surface area (Å²) < 4.78 is 0. The molecule has 1 aliphatic rings. The van der Waals surface area contributed by atoms with E-state index in [0.717, 1.165) is 18.4 Å². The van der Waals surface area contributed by atoms with Crippen molar-refractivity contribution < 1.29 is 9.90 Å². The van der Waals surface area contributed by atoms with Crippen molar-refractivity contribution in [3.63, 3.8) is 0 Å². The van der Waals surface area contributed by atoms with Crippen LogP contribution in [0.5, 0.6) is 0 Å². The van der Waals surface area contributed by atoms with E-state index in [4.69, 9.17) is 5.11 Å². The van der Waals surface area contributed by atoms with Crippen LogP contribution in [0.25, 0.3) is 0 Å². The molecular formula is C10H16O2. The molecule has 1 atom stereocenters. The van der Waals surface area contributed by atoms with Gasteiger partial charge in [-0.2, -0.15) is 0 Å². The van der Waals surface area contributed by atoms with E-state index < -0.39 is 5.97 Å². The maximum absolute atomic E-state index is 10.8. The zero-order valence-corrected chi connectivity index (χ0v) is 7.92. The molecule has 0 bridgehead atoms. The van der Waals surface area contributed by atoms with Crippen LogP contribution in [-0.2, 0) is 4.79 Å². The first-order valence-electron chi connectivity index (χ1n) is 4.36. The Hall–Kier alpha value is -0.790. The van der Waals surface area contributed by atoms with Crippen LogP contribution in [0.4, 0.5) is 0 Å². The molecule has 1 aliphatic carbocycles. The van der Waals surface area contributed by atoms with Crippen molar-refractivity contribution >= 4 is 5.97 Å². The molecule has 1 N–H and O–H groups in total. The van der Waals surface area contributed by atoms with Gasteiger partial charge in [-0.1, -0.05) is 32.4 Å². The summed E-state index contributed by atoms with van der Waals surface area (Å²) in [6.45, 7) is 6.21. The maximum Gasteiger partial charge on any atom is 0.310 e. The number of allylic oxidation sites excluding steroid dienone is 1. The Morgan fingerprint density at radius 2 is 2.17 bits per heavy atom. The lowest BCUT2D eigenvalue weighted by molar-refractivity contribution is -0.140. The minimum absolute atomic E-state index is 0.0134. The summed E-state index contributed by atoms with van der Waals surface area (Å²) in [4.78, 5) is 10.8. The first-order chi connectivity index (χ1) is 5.43. The van der Waals surface area contributed by atoms with Crippen molar-refractivity contribution in [2.24, 2.45) is 11.3 Å². The Morgan fingerprint density at radius 1 is 1.58 bits per heavy atom. The van der Waals surface area contributed by atoms with Crippen LogP contribution in [-0.4, -0.2) is 11.1 Å². The predicted molar refractivity (Wildman–Crippen MR) is 47.9 cm³/mol. The molecule has 68 valence electrons. The van der Waals surface area contributed by atoms with Crippen molar-refractivity contribution in [1.82, 2.24) is 0 Å². The van der Waals surface area contributed by atoms with Gasteiger partial charge < -0.3 is 5.11 Å². The van der Waals surface area contributed by atoms with E-state index in [-0.39, 0.29) is 11.3 Å². The van der Waals surface area contributed by atoms with Gasteiger partial charge in [-0.05, 0) is 18.3 Å². The van der Waals surface area contributed by atoms with Gasteiger partial charge in [0.15, 0.2) is 0 Å². The summed E-state index contributed by atoms with van der Waals surface area (Å²) in [6.07, 6.45) is 3.78. The molecule has 0 aromatic rings. The molecule has 0 heterocycles. The van der Waals surface area contributed by atoms with Gasteiger partial charge in [0.25, 0.3) is 0 Å². The molecule has 1 unspecified atom stereocenters. The minimum Gasteiger partial charge on any atom is -0.481 e. The molecular weight excluding hydrogens is 152 g/mol. The van der Waals surface area contributed by atoms with Crippen molar-refractivity contribution in [3.05, 3.63) is 11.6 Å². The number of carboxylic acid groups (broad SMARTS) is 1. The van der Waals surface area contributed by atoms with Gasteiger partial charge in [0.1, 0.15) is 0 Å². The molecule has 0 radical (unpaired) electrons. The summed E-state index contributed by atoms with van der Waals surface area (Å²) in [6, 6.07) is 0. The van der Waals surface area contributed by atoms with E-state index in [9.17, 15) is 4.79 Å². The second-order valence-corrected chi connectivity index (χ2v) is 4.38. The summed E-state index contributed by atoms with van der Waals surface area (Å²) in [5.41, 5.74) is 1.11. The highest BCUT2D eigenvalue weighted by Gasteiger charge is 2.32. The van der Waals surface area contributed by atoms with E-state index in [0.29, 0.717) is 0 Å². The highest BCUT2D eigenvalue weighted by atomic mass is 16.4. The molecule has 2 heteroatoms. The lowest BCUT2D eigenvalue weighted by Crippen LogP contribution is -2.21. The van der Waals surface area contributed by atoms with E-state index in [1.54, 1.807) is 0 Å². The van der Waals surface area contributed by atoms with Crippen molar-refractivity contribution in [3.8, 4) is 0 Å². The quantitative estimate of drug-likeness (QED) is 0.610. The number of aliphatic carboxylic acids is 1. The van der Waals surface area contributed by atoms with Crippen LogP contribution >= 0.6 is 0 Å². The lowest BCUT2D eigenvalue weighted by atomic mass is 9.80. The number of carboxylic acids is 1. The average molecular weight is 168 g/mol. The number of carbonyl (C=O) groups is 1. The van der Waals surface area contributed by atoms with Crippen LogP contribution in [0.15, 0.2) is 11.6 Å². The molecule has 0 amide bonds. The van der Waals surface area contributed by atoms with Crippen molar-refractivity contribution in [2.45, 2.75) is 33.6 Å². The minimum atomic E-state index is -0.673. The molecule has 12 heavy (non-hydrogen) atoms. The maximum atomic E-state index is 10.8. The third kappa shape index (κ3) is 1.68. The monoisotopic (exact) mass is 168 g/mol. The van der Waals surface area contributed by atoms with Gasteiger partial charge in [0, 0.05) is 0 Å². The number of hydrogen-bond acceptors (Lipinski definition) is 1. The third-order valence-electron chi connectivity index (χ3n) is 2.36. The van der Waals surface area contributed by atoms with Gasteiger partial charge in [0.2, 0.25) is 0 Å². The van der Waals surface area contributed by atoms with Crippen LogP contribution < -0.4 is 0 Å². The Morgan fingerprint density at radius 3 is 2.50 bits per heavy atom. The van der Waals surface area contributed by atoms with Gasteiger partial charge in [-0.3, -0.25) is 4.79 Å². The Labute approximate surface area is 73.3 Å². The summed E-state index contributed by atoms with van der Waals surface area (Å²) >= 11 is 0. The molecule has 2 nitrogen and oxygen atoms in total. The van der Waals surface area contributed by atoms with Gasteiger partial charge in [-0.25, -0.2) is 0 Å². The Kier molecular flexibility index (Phi) is 2.27. The SMILES string of the molecule is CC(C)(C)C1=CCCC1C(=O)O. The fourth-order valence-electron chi connectivity index (χ4n) is 1.79. The first-order valence-corrected chi connectivity index (χ1v) is 4.36. The summed E-state index contributed by atoms with van der Waals surface area (Å²) in [5.74, 6) is -0.904. The lowest BCUT2D eigenvalue weighted by Gasteiger charge is -2.24. The Balaban J connectivity index is 2.83. The van der Waals surface area contributed by atoms with Gasteiger partial charge in [-0.15, -0.1) is 0 Å². The van der Waals surface area contributed by atoms with E-state index in [1.807, 2.05) is 0 Å². The summed E-state index contributed by atoms with van der Waals surface area (Å²) in [5, 5.41) is 8.91. The molecule has 0 saturated heterocycles. The van der Waals surface area contributed by atoms with E-state index in [2.05, 4.69) is 26.8 Å². The number of rotatable bonds is 1. The zero-order chi connectivity index (χ0) is 9.35. The second kappa shape index (κ2) is 2.92. The first kappa shape index (κ1) is 9.30. The molecule has 0 fully saturated rings. The topological polar surface area (TPSA) is 37.3 Å². The zero-order valence-electron chi connectivity index (χ0n) is 7.92. The number of hydrogen-bond donors (Lipinski definition) is 1. The molecule has 0 saturated carbocycles. The van der Waals surface area contributed by atoms with Crippen LogP contribution in [0, 0.1) is 11.3 Å². The highest BCUT2D eigenvalue weighted by Crippen LogP contribution is 2.38. The van der Waals surface area contributed by atoms with Crippen LogP contribution in [0.1, 0.15) is 33.6 Å². The highest BCUT2D eigenvalue weighted by molar-refractivity contribution is 5.74. The normalized spacial score (nSPS) is 23.9. The van der Waals surface area contributed by atoms with E-state index in [1.165, 1.54) is 0 Å². The smallest absolute Gasteiger partial charge is 0.310 e. The van der Waals surface area contributed by atoms with Gasteiger partial charge in [0.05, 0.1) is 5.92 Å². The third-order valence-corrected chi connectivity index (χ3v) is 2.36. The fourth-order valence-corrected chi connectivity index (χ4v) is 1.79. The van der Waals surface area contributed by atoms with Crippen LogP contribution in [0.2, 0.25) is 0 Å². The second-order valence-electron chi connectivity index (χ2n) is 4.38. The summed E-state index contributed by atoms with van der Waals surface area (Å²) in [7, 11) is 0. The standard InChI is InChI=1S/C10H16O2/c1-10(2,3)8-6-4-5-7(8)9(11)12/h6-7H,4-5H2,1-3H3,(H,11,12). The van der Waals surface area contributed by atoms with Crippen molar-refractivity contribution in [1.29, 1.82) is 0 Å². The molecule has 0 aromatic carbocycles. The average Bonchev–Trinajstić information content (AvgIpc) is 2.30. The predicted octanol–water partition coefficient (Wildman–Crippen LogP) is 2.45. The molecule has 1 rings (SSSR count). The molecule has 0 aliphatic heterocycles.